The van der Waals surface area contributed by atoms with Crippen molar-refractivity contribution >= 4 is 11.6 Å². The summed E-state index contributed by atoms with van der Waals surface area (Å²) in [4.78, 5) is 2.61. The molecule has 1 aliphatic rings. The van der Waals surface area contributed by atoms with Crippen LogP contribution in [0.25, 0.3) is 0 Å². The largest absolute Gasteiger partial charge is 0.313 e. The molecule has 0 amide bonds. The van der Waals surface area contributed by atoms with Crippen LogP contribution in [0.5, 0.6) is 0 Å². The fraction of sp³-hybridized carbons (Fsp3) is 0.667. The minimum absolute atomic E-state index is 0.340. The van der Waals surface area contributed by atoms with Crippen LogP contribution in [0.3, 0.4) is 0 Å². The van der Waals surface area contributed by atoms with Crippen LogP contribution >= 0.6 is 11.6 Å². The molecular weight excluding hydrogens is 280 g/mol. The molecule has 0 spiro atoms. The quantitative estimate of drug-likeness (QED) is 0.869. The number of rotatable bonds is 5. The summed E-state index contributed by atoms with van der Waals surface area (Å²) >= 11 is 6.32. The van der Waals surface area contributed by atoms with Crippen LogP contribution in [0.15, 0.2) is 24.3 Å². The van der Waals surface area contributed by atoms with Gasteiger partial charge < -0.3 is 10.2 Å². The van der Waals surface area contributed by atoms with E-state index < -0.39 is 0 Å². The lowest BCUT2D eigenvalue weighted by molar-refractivity contribution is 0.225. The van der Waals surface area contributed by atoms with E-state index in [-0.39, 0.29) is 0 Å². The number of halogens is 1. The predicted octanol–water partition coefficient (Wildman–Crippen LogP) is 4.36. The van der Waals surface area contributed by atoms with Crippen LogP contribution in [0.2, 0.25) is 5.02 Å². The van der Waals surface area contributed by atoms with Gasteiger partial charge in [-0.05, 0) is 55.9 Å². The highest BCUT2D eigenvalue weighted by Gasteiger charge is 2.31. The molecule has 2 nitrogen and oxygen atoms in total. The summed E-state index contributed by atoms with van der Waals surface area (Å²) in [7, 11) is 2.02. The fourth-order valence-corrected chi connectivity index (χ4v) is 3.53. The second kappa shape index (κ2) is 7.13. The van der Waals surface area contributed by atoms with Crippen LogP contribution < -0.4 is 5.32 Å². The first kappa shape index (κ1) is 16.8. The Balaban J connectivity index is 1.89. The number of nitrogens with one attached hydrogen (secondary N) is 1. The van der Waals surface area contributed by atoms with Crippen LogP contribution in [0.4, 0.5) is 0 Å². The van der Waals surface area contributed by atoms with Crippen LogP contribution in [-0.2, 0) is 0 Å². The Morgan fingerprint density at radius 1 is 1.33 bits per heavy atom. The van der Waals surface area contributed by atoms with E-state index in [1.807, 2.05) is 19.2 Å². The first-order chi connectivity index (χ1) is 9.91. The SMILES string of the molecule is CNC(CCN1CCC(C(C)(C)C)C1)c1ccccc1Cl. The van der Waals surface area contributed by atoms with Gasteiger partial charge in [-0.1, -0.05) is 50.6 Å². The average molecular weight is 309 g/mol. The molecule has 2 rings (SSSR count). The van der Waals surface area contributed by atoms with E-state index in [4.69, 9.17) is 11.6 Å². The molecule has 1 heterocycles. The molecule has 0 aliphatic carbocycles. The van der Waals surface area contributed by atoms with E-state index in [0.29, 0.717) is 11.5 Å². The molecule has 1 fully saturated rings. The van der Waals surface area contributed by atoms with Gasteiger partial charge in [-0.2, -0.15) is 0 Å². The highest BCUT2D eigenvalue weighted by atomic mass is 35.5. The molecule has 2 unspecified atom stereocenters. The second-order valence-corrected chi connectivity index (χ2v) is 7.71. The van der Waals surface area contributed by atoms with Crippen molar-refractivity contribution in [3.63, 3.8) is 0 Å². The molecule has 0 saturated carbocycles. The lowest BCUT2D eigenvalue weighted by Crippen LogP contribution is -2.29. The highest BCUT2D eigenvalue weighted by Crippen LogP contribution is 2.34. The number of benzene rings is 1. The van der Waals surface area contributed by atoms with E-state index >= 15 is 0 Å². The van der Waals surface area contributed by atoms with Gasteiger partial charge >= 0.3 is 0 Å². The van der Waals surface area contributed by atoms with Gasteiger partial charge in [-0.15, -0.1) is 0 Å². The molecule has 0 bridgehead atoms. The van der Waals surface area contributed by atoms with Gasteiger partial charge in [-0.25, -0.2) is 0 Å². The summed E-state index contributed by atoms with van der Waals surface area (Å²) in [5.41, 5.74) is 1.65. The van der Waals surface area contributed by atoms with E-state index in [1.165, 1.54) is 25.1 Å². The molecule has 1 aromatic carbocycles. The second-order valence-electron chi connectivity index (χ2n) is 7.30. The zero-order chi connectivity index (χ0) is 15.5. The Labute approximate surface area is 134 Å². The van der Waals surface area contributed by atoms with E-state index in [0.717, 1.165) is 23.9 Å². The molecule has 118 valence electrons. The Morgan fingerprint density at radius 3 is 2.62 bits per heavy atom. The van der Waals surface area contributed by atoms with Gasteiger partial charge in [0.05, 0.1) is 0 Å². The molecule has 1 aromatic rings. The third-order valence-corrected chi connectivity index (χ3v) is 5.20. The summed E-state index contributed by atoms with van der Waals surface area (Å²) in [5.74, 6) is 0.825. The Morgan fingerprint density at radius 2 is 2.05 bits per heavy atom. The molecule has 1 aliphatic heterocycles. The maximum atomic E-state index is 6.32. The van der Waals surface area contributed by atoms with Crippen molar-refractivity contribution in [1.82, 2.24) is 10.2 Å². The maximum Gasteiger partial charge on any atom is 0.0453 e. The Bertz CT molecular complexity index is 453. The summed E-state index contributed by atoms with van der Waals surface area (Å²) in [6, 6.07) is 8.51. The number of hydrogen-bond donors (Lipinski definition) is 1. The normalized spacial score (nSPS) is 21.7. The zero-order valence-electron chi connectivity index (χ0n) is 13.8. The van der Waals surface area contributed by atoms with Gasteiger partial charge in [0, 0.05) is 17.6 Å². The maximum absolute atomic E-state index is 6.32. The summed E-state index contributed by atoms with van der Waals surface area (Å²) < 4.78 is 0. The molecule has 2 atom stereocenters. The van der Waals surface area contributed by atoms with Crippen molar-refractivity contribution in [3.8, 4) is 0 Å². The third kappa shape index (κ3) is 4.45. The van der Waals surface area contributed by atoms with Gasteiger partial charge in [0.1, 0.15) is 0 Å². The number of hydrogen-bond acceptors (Lipinski definition) is 2. The molecule has 21 heavy (non-hydrogen) atoms. The molecule has 0 aromatic heterocycles. The van der Waals surface area contributed by atoms with Crippen molar-refractivity contribution < 1.29 is 0 Å². The highest BCUT2D eigenvalue weighted by molar-refractivity contribution is 6.31. The standard InChI is InChI=1S/C18H29ClN2/c1-18(2,3)14-9-11-21(13-14)12-10-17(20-4)15-7-5-6-8-16(15)19/h5-8,14,17,20H,9-13H2,1-4H3. The smallest absolute Gasteiger partial charge is 0.0453 e. The first-order valence-electron chi connectivity index (χ1n) is 8.06. The van der Waals surface area contributed by atoms with Gasteiger partial charge in [0.2, 0.25) is 0 Å². The van der Waals surface area contributed by atoms with Crippen molar-refractivity contribution in [2.75, 3.05) is 26.7 Å². The Hall–Kier alpha value is -0.570. The summed E-state index contributed by atoms with van der Waals surface area (Å²) in [6.45, 7) is 10.7. The average Bonchev–Trinajstić information content (AvgIpc) is 2.90. The van der Waals surface area contributed by atoms with Crippen molar-refractivity contribution in [3.05, 3.63) is 34.9 Å². The van der Waals surface area contributed by atoms with Gasteiger partial charge in [0.25, 0.3) is 0 Å². The van der Waals surface area contributed by atoms with E-state index in [2.05, 4.69) is 43.1 Å². The van der Waals surface area contributed by atoms with Crippen molar-refractivity contribution in [1.29, 1.82) is 0 Å². The predicted molar refractivity (Wildman–Crippen MR) is 91.9 cm³/mol. The number of likely N-dealkylation sites (tertiary alicyclic amines) is 1. The van der Waals surface area contributed by atoms with Crippen molar-refractivity contribution in [2.24, 2.45) is 11.3 Å². The third-order valence-electron chi connectivity index (χ3n) is 4.86. The lowest BCUT2D eigenvalue weighted by atomic mass is 9.80. The minimum Gasteiger partial charge on any atom is -0.313 e. The molecule has 1 N–H and O–H groups in total. The first-order valence-corrected chi connectivity index (χ1v) is 8.43. The minimum atomic E-state index is 0.340. The Kier molecular flexibility index (Phi) is 5.70. The topological polar surface area (TPSA) is 15.3 Å². The van der Waals surface area contributed by atoms with Gasteiger partial charge in [0.15, 0.2) is 0 Å². The molecule has 1 saturated heterocycles. The summed E-state index contributed by atoms with van der Waals surface area (Å²) in [6.07, 6.45) is 2.44. The molecule has 3 heteroatoms. The van der Waals surface area contributed by atoms with Crippen LogP contribution in [0, 0.1) is 11.3 Å². The van der Waals surface area contributed by atoms with E-state index in [1.54, 1.807) is 0 Å². The van der Waals surface area contributed by atoms with Crippen LogP contribution in [0.1, 0.15) is 45.2 Å². The molecule has 0 radical (unpaired) electrons. The lowest BCUT2D eigenvalue weighted by Gasteiger charge is -2.27. The van der Waals surface area contributed by atoms with Crippen molar-refractivity contribution in [2.45, 2.75) is 39.7 Å². The number of nitrogens with zero attached hydrogens (tertiary/aromatic N) is 1. The monoisotopic (exact) mass is 308 g/mol. The van der Waals surface area contributed by atoms with Crippen LogP contribution in [-0.4, -0.2) is 31.6 Å². The fourth-order valence-electron chi connectivity index (χ4n) is 3.27. The summed E-state index contributed by atoms with van der Waals surface area (Å²) in [5, 5.41) is 4.28. The zero-order valence-corrected chi connectivity index (χ0v) is 14.6. The molecular formula is C18H29ClN2. The van der Waals surface area contributed by atoms with E-state index in [9.17, 15) is 0 Å². The van der Waals surface area contributed by atoms with Gasteiger partial charge in [-0.3, -0.25) is 0 Å².